The third-order valence-corrected chi connectivity index (χ3v) is 5.29. The minimum absolute atomic E-state index is 0.0393. The molecule has 2 N–H and O–H groups in total. The largest absolute Gasteiger partial charge is 0.332 e. The molecule has 1 fully saturated rings. The quantitative estimate of drug-likeness (QED) is 0.832. The van der Waals surface area contributed by atoms with E-state index in [4.69, 9.17) is 0 Å². The molecule has 1 aliphatic carbocycles. The zero-order valence-electron chi connectivity index (χ0n) is 9.61. The van der Waals surface area contributed by atoms with Crippen LogP contribution in [-0.4, -0.2) is 29.3 Å². The van der Waals surface area contributed by atoms with E-state index in [9.17, 15) is 8.42 Å². The topological polar surface area (TPSA) is 74.8 Å². The first-order chi connectivity index (χ1) is 7.97. The standard InChI is InChI=1S/C10H16BrN3O2S/c1-7-12-6-10(13-7)17(15,16)14-9-4-2-8(11)3-5-9/h6,8-9,14H,2-5H2,1H3,(H,12,13). The van der Waals surface area contributed by atoms with Gasteiger partial charge in [0.05, 0.1) is 6.20 Å². The number of alkyl halides is 1. The maximum Gasteiger partial charge on any atom is 0.257 e. The number of aromatic amines is 1. The van der Waals surface area contributed by atoms with Crippen molar-refractivity contribution in [2.45, 2.75) is 48.5 Å². The SMILES string of the molecule is Cc1ncc(S(=O)(=O)NC2CCC(Br)CC2)[nH]1. The number of hydrogen-bond acceptors (Lipinski definition) is 3. The minimum atomic E-state index is -3.44. The van der Waals surface area contributed by atoms with E-state index < -0.39 is 10.0 Å². The summed E-state index contributed by atoms with van der Waals surface area (Å²) in [5.74, 6) is 0.606. The number of aromatic nitrogens is 2. The van der Waals surface area contributed by atoms with Crippen molar-refractivity contribution in [3.05, 3.63) is 12.0 Å². The Morgan fingerprint density at radius 3 is 2.59 bits per heavy atom. The first-order valence-electron chi connectivity index (χ1n) is 5.65. The van der Waals surface area contributed by atoms with Gasteiger partial charge < -0.3 is 4.98 Å². The van der Waals surface area contributed by atoms with Gasteiger partial charge in [-0.25, -0.2) is 18.1 Å². The van der Waals surface area contributed by atoms with Gasteiger partial charge in [-0.15, -0.1) is 0 Å². The molecular weight excluding hydrogens is 306 g/mol. The summed E-state index contributed by atoms with van der Waals surface area (Å²) in [5, 5.41) is 0.149. The Morgan fingerprint density at radius 2 is 2.06 bits per heavy atom. The van der Waals surface area contributed by atoms with E-state index in [0.717, 1.165) is 25.7 Å². The van der Waals surface area contributed by atoms with Crippen LogP contribution < -0.4 is 4.72 Å². The van der Waals surface area contributed by atoms with Crippen LogP contribution in [0.1, 0.15) is 31.5 Å². The van der Waals surface area contributed by atoms with Crippen molar-refractivity contribution in [3.63, 3.8) is 0 Å². The fourth-order valence-electron chi connectivity index (χ4n) is 1.99. The molecule has 5 nitrogen and oxygen atoms in total. The van der Waals surface area contributed by atoms with Crippen LogP contribution in [0, 0.1) is 6.92 Å². The number of hydrogen-bond donors (Lipinski definition) is 2. The van der Waals surface area contributed by atoms with E-state index in [0.29, 0.717) is 10.7 Å². The van der Waals surface area contributed by atoms with Crippen molar-refractivity contribution in [2.24, 2.45) is 0 Å². The van der Waals surface area contributed by atoms with Gasteiger partial charge in [0, 0.05) is 10.9 Å². The molecule has 0 saturated heterocycles. The predicted molar refractivity (Wildman–Crippen MR) is 68.6 cm³/mol. The second kappa shape index (κ2) is 5.07. The maximum absolute atomic E-state index is 12.0. The van der Waals surface area contributed by atoms with Crippen LogP contribution in [0.4, 0.5) is 0 Å². The Hall–Kier alpha value is -0.400. The number of sulfonamides is 1. The summed E-state index contributed by atoms with van der Waals surface area (Å²) >= 11 is 3.55. The summed E-state index contributed by atoms with van der Waals surface area (Å²) in [6, 6.07) is 0.0393. The van der Waals surface area contributed by atoms with Gasteiger partial charge in [-0.2, -0.15) is 0 Å². The van der Waals surface area contributed by atoms with Crippen LogP contribution in [0.15, 0.2) is 11.2 Å². The number of halogens is 1. The Kier molecular flexibility index (Phi) is 3.89. The lowest BCUT2D eigenvalue weighted by molar-refractivity contribution is 0.422. The number of aryl methyl sites for hydroxylation is 1. The van der Waals surface area contributed by atoms with Gasteiger partial charge in [-0.05, 0) is 32.6 Å². The number of H-pyrrole nitrogens is 1. The minimum Gasteiger partial charge on any atom is -0.332 e. The Balaban J connectivity index is 2.03. The van der Waals surface area contributed by atoms with Gasteiger partial charge in [0.15, 0.2) is 5.03 Å². The normalized spacial score (nSPS) is 26.0. The molecule has 1 aliphatic rings. The van der Waals surface area contributed by atoms with Gasteiger partial charge in [-0.1, -0.05) is 15.9 Å². The molecule has 0 bridgehead atoms. The van der Waals surface area contributed by atoms with Crippen molar-refractivity contribution >= 4 is 26.0 Å². The monoisotopic (exact) mass is 321 g/mol. The van der Waals surface area contributed by atoms with Crippen LogP contribution in [0.3, 0.4) is 0 Å². The Bertz CT molecular complexity index is 477. The van der Waals surface area contributed by atoms with Gasteiger partial charge in [-0.3, -0.25) is 0 Å². The second-order valence-corrected chi connectivity index (χ2v) is 7.38. The van der Waals surface area contributed by atoms with Crippen LogP contribution >= 0.6 is 15.9 Å². The highest BCUT2D eigenvalue weighted by molar-refractivity contribution is 9.09. The lowest BCUT2D eigenvalue weighted by atomic mass is 9.96. The van der Waals surface area contributed by atoms with Gasteiger partial charge in [0.1, 0.15) is 5.82 Å². The number of rotatable bonds is 3. The molecule has 7 heteroatoms. The first kappa shape index (κ1) is 13.0. The highest BCUT2D eigenvalue weighted by Crippen LogP contribution is 2.25. The third kappa shape index (κ3) is 3.29. The van der Waals surface area contributed by atoms with Gasteiger partial charge >= 0.3 is 0 Å². The molecule has 0 atom stereocenters. The molecule has 2 rings (SSSR count). The molecule has 1 aromatic heterocycles. The first-order valence-corrected chi connectivity index (χ1v) is 8.05. The summed E-state index contributed by atoms with van der Waals surface area (Å²) in [5.41, 5.74) is 0. The summed E-state index contributed by atoms with van der Waals surface area (Å²) in [6.45, 7) is 1.73. The summed E-state index contributed by atoms with van der Waals surface area (Å²) < 4.78 is 26.7. The molecule has 1 heterocycles. The molecule has 17 heavy (non-hydrogen) atoms. The number of nitrogens with one attached hydrogen (secondary N) is 2. The summed E-state index contributed by atoms with van der Waals surface area (Å²) in [6.07, 6.45) is 5.13. The zero-order valence-corrected chi connectivity index (χ0v) is 12.0. The molecule has 0 spiro atoms. The van der Waals surface area contributed by atoms with Crippen LogP contribution in [0.5, 0.6) is 0 Å². The second-order valence-electron chi connectivity index (χ2n) is 4.40. The van der Waals surface area contributed by atoms with Crippen molar-refractivity contribution in [3.8, 4) is 0 Å². The van der Waals surface area contributed by atoms with Crippen LogP contribution in [0.2, 0.25) is 0 Å². The van der Waals surface area contributed by atoms with E-state index in [1.165, 1.54) is 6.20 Å². The van der Waals surface area contributed by atoms with E-state index >= 15 is 0 Å². The van der Waals surface area contributed by atoms with Crippen molar-refractivity contribution in [2.75, 3.05) is 0 Å². The molecule has 0 aromatic carbocycles. The number of imidazole rings is 1. The highest BCUT2D eigenvalue weighted by atomic mass is 79.9. The van der Waals surface area contributed by atoms with E-state index in [1.807, 2.05) is 0 Å². The lowest BCUT2D eigenvalue weighted by Gasteiger charge is -2.25. The van der Waals surface area contributed by atoms with Crippen molar-refractivity contribution in [1.29, 1.82) is 0 Å². The van der Waals surface area contributed by atoms with Crippen molar-refractivity contribution in [1.82, 2.24) is 14.7 Å². The van der Waals surface area contributed by atoms with Crippen LogP contribution in [-0.2, 0) is 10.0 Å². The van der Waals surface area contributed by atoms with E-state index in [2.05, 4.69) is 30.6 Å². The fraction of sp³-hybridized carbons (Fsp3) is 0.700. The number of nitrogens with zero attached hydrogens (tertiary/aromatic N) is 1. The average molecular weight is 322 g/mol. The maximum atomic E-state index is 12.0. The predicted octanol–water partition coefficient (Wildman–Crippen LogP) is 1.70. The molecule has 0 amide bonds. The molecule has 0 aliphatic heterocycles. The third-order valence-electron chi connectivity index (χ3n) is 2.95. The van der Waals surface area contributed by atoms with Gasteiger partial charge in [0.25, 0.3) is 10.0 Å². The lowest BCUT2D eigenvalue weighted by Crippen LogP contribution is -2.37. The zero-order chi connectivity index (χ0) is 12.5. The van der Waals surface area contributed by atoms with E-state index in [1.54, 1.807) is 6.92 Å². The average Bonchev–Trinajstić information content (AvgIpc) is 2.69. The molecular formula is C10H16BrN3O2S. The van der Waals surface area contributed by atoms with Crippen LogP contribution in [0.25, 0.3) is 0 Å². The molecule has 96 valence electrons. The Labute approximate surface area is 110 Å². The Morgan fingerprint density at radius 1 is 1.41 bits per heavy atom. The van der Waals surface area contributed by atoms with Gasteiger partial charge in [0.2, 0.25) is 0 Å². The molecule has 1 aromatic rings. The van der Waals surface area contributed by atoms with E-state index in [-0.39, 0.29) is 11.1 Å². The fourth-order valence-corrected chi connectivity index (χ4v) is 3.79. The summed E-state index contributed by atoms with van der Waals surface area (Å²) in [7, 11) is -3.44. The van der Waals surface area contributed by atoms with Crippen molar-refractivity contribution < 1.29 is 8.42 Å². The molecule has 1 saturated carbocycles. The molecule has 0 radical (unpaired) electrons. The summed E-state index contributed by atoms with van der Waals surface area (Å²) in [4.78, 5) is 7.18. The molecule has 0 unspecified atom stereocenters. The highest BCUT2D eigenvalue weighted by Gasteiger charge is 2.25. The smallest absolute Gasteiger partial charge is 0.257 e.